The number of ether oxygens (including phenoxy) is 1. The van der Waals surface area contributed by atoms with E-state index in [0.29, 0.717) is 0 Å². The Morgan fingerprint density at radius 1 is 0.720 bits per heavy atom. The lowest BCUT2D eigenvalue weighted by Gasteiger charge is -2.13. The molecule has 0 radical (unpaired) electrons. The Morgan fingerprint density at radius 3 is 1.88 bits per heavy atom. The zero-order valence-electron chi connectivity index (χ0n) is 16.3. The first-order valence-corrected chi connectivity index (χ1v) is 10.1. The van der Waals surface area contributed by atoms with E-state index in [1.54, 1.807) is 0 Å². The van der Waals surface area contributed by atoms with Crippen LogP contribution in [0.3, 0.4) is 0 Å². The predicted octanol–water partition coefficient (Wildman–Crippen LogP) is 7.43. The summed E-state index contributed by atoms with van der Waals surface area (Å²) >= 11 is 0. The summed E-state index contributed by atoms with van der Waals surface area (Å²) in [6.45, 7) is 6.52. The molecule has 0 heterocycles. The molecule has 0 aromatic heterocycles. The summed E-state index contributed by atoms with van der Waals surface area (Å²) in [5.41, 5.74) is 3.99. The minimum absolute atomic E-state index is 0.270. The summed E-state index contributed by atoms with van der Waals surface area (Å²) in [5.74, 6) is 0.956. The van der Waals surface area contributed by atoms with Crippen LogP contribution >= 0.6 is 0 Å². The molecule has 1 unspecified atom stereocenters. The molecule has 1 nitrogen and oxygen atoms in total. The third-order valence-electron chi connectivity index (χ3n) is 4.87. The molecule has 0 spiro atoms. The Morgan fingerprint density at radius 2 is 1.28 bits per heavy atom. The maximum atomic E-state index is 5.85. The minimum atomic E-state index is 0.270. The minimum Gasteiger partial charge on any atom is -0.491 e. The molecule has 0 aliphatic heterocycles. The Kier molecular flexibility index (Phi) is 8.59. The van der Waals surface area contributed by atoms with Gasteiger partial charge < -0.3 is 4.74 Å². The number of unbranched alkanes of at least 4 members (excludes halogenated alkanes) is 5. The second kappa shape index (κ2) is 11.0. The molecule has 0 aliphatic rings. The van der Waals surface area contributed by atoms with Crippen molar-refractivity contribution < 1.29 is 4.74 Å². The third kappa shape index (κ3) is 6.94. The van der Waals surface area contributed by atoms with Gasteiger partial charge >= 0.3 is 0 Å². The summed E-state index contributed by atoms with van der Waals surface area (Å²) < 4.78 is 5.85. The summed E-state index contributed by atoms with van der Waals surface area (Å²) in [6, 6.07) is 17.5. The van der Waals surface area contributed by atoms with Crippen molar-refractivity contribution in [2.75, 3.05) is 0 Å². The van der Waals surface area contributed by atoms with Gasteiger partial charge in [-0.2, -0.15) is 0 Å². The molecule has 1 heteroatoms. The lowest BCUT2D eigenvalue weighted by molar-refractivity contribution is 0.217. The fourth-order valence-electron chi connectivity index (χ4n) is 3.01. The molecular weight excluding hydrogens is 304 g/mol. The molecule has 1 atom stereocenters. The average Bonchev–Trinajstić information content (AvgIpc) is 2.65. The van der Waals surface area contributed by atoms with E-state index in [-0.39, 0.29) is 6.10 Å². The second-order valence-corrected chi connectivity index (χ2v) is 7.08. The molecule has 0 aliphatic carbocycles. The van der Waals surface area contributed by atoms with Crippen molar-refractivity contribution in [2.24, 2.45) is 0 Å². The summed E-state index contributed by atoms with van der Waals surface area (Å²) in [6.07, 6.45) is 10.7. The molecule has 25 heavy (non-hydrogen) atoms. The zero-order chi connectivity index (χ0) is 17.9. The van der Waals surface area contributed by atoms with Crippen molar-refractivity contribution in [3.05, 3.63) is 54.1 Å². The van der Waals surface area contributed by atoms with E-state index < -0.39 is 0 Å². The summed E-state index contributed by atoms with van der Waals surface area (Å²) in [5, 5.41) is 0. The number of aryl methyl sites for hydroxylation is 1. The molecule has 0 N–H and O–H groups in total. The molecule has 2 aromatic carbocycles. The van der Waals surface area contributed by atoms with E-state index in [9.17, 15) is 0 Å². The lowest BCUT2D eigenvalue weighted by atomic mass is 10.0. The first-order valence-electron chi connectivity index (χ1n) is 10.1. The quantitative estimate of drug-likeness (QED) is 0.387. The standard InChI is InChI=1S/C24H34O/c1-4-6-7-8-9-10-11-21-12-14-22(15-13-21)23-16-18-24(19-17-23)25-20(3)5-2/h12-20H,4-11H2,1-3H3. The van der Waals surface area contributed by atoms with Gasteiger partial charge in [-0.05, 0) is 55.0 Å². The molecule has 2 rings (SSSR count). The third-order valence-corrected chi connectivity index (χ3v) is 4.87. The zero-order valence-corrected chi connectivity index (χ0v) is 16.3. The van der Waals surface area contributed by atoms with Gasteiger partial charge in [-0.25, -0.2) is 0 Å². The van der Waals surface area contributed by atoms with Crippen LogP contribution in [0, 0.1) is 0 Å². The van der Waals surface area contributed by atoms with E-state index in [0.717, 1.165) is 12.2 Å². The maximum absolute atomic E-state index is 5.85. The highest BCUT2D eigenvalue weighted by Gasteiger charge is 2.03. The summed E-state index contributed by atoms with van der Waals surface area (Å²) in [4.78, 5) is 0. The van der Waals surface area contributed by atoms with Gasteiger partial charge in [0.2, 0.25) is 0 Å². The highest BCUT2D eigenvalue weighted by atomic mass is 16.5. The second-order valence-electron chi connectivity index (χ2n) is 7.08. The van der Waals surface area contributed by atoms with Crippen molar-refractivity contribution >= 4 is 0 Å². The topological polar surface area (TPSA) is 9.23 Å². The average molecular weight is 339 g/mol. The van der Waals surface area contributed by atoms with Crippen LogP contribution in [0.4, 0.5) is 0 Å². The normalized spacial score (nSPS) is 12.1. The van der Waals surface area contributed by atoms with E-state index in [1.165, 1.54) is 61.6 Å². The van der Waals surface area contributed by atoms with E-state index in [1.807, 2.05) is 0 Å². The number of rotatable bonds is 11. The Bertz CT molecular complexity index is 582. The van der Waals surface area contributed by atoms with Crippen molar-refractivity contribution in [2.45, 2.75) is 78.2 Å². The van der Waals surface area contributed by atoms with Gasteiger partial charge in [-0.3, -0.25) is 0 Å². The van der Waals surface area contributed by atoms with Crippen LogP contribution in [0.25, 0.3) is 11.1 Å². The van der Waals surface area contributed by atoms with Gasteiger partial charge in [-0.1, -0.05) is 82.3 Å². The number of hydrogen-bond acceptors (Lipinski definition) is 1. The van der Waals surface area contributed by atoms with Crippen LogP contribution in [-0.4, -0.2) is 6.10 Å². The van der Waals surface area contributed by atoms with Crippen molar-refractivity contribution in [3.8, 4) is 16.9 Å². The molecule has 136 valence electrons. The van der Waals surface area contributed by atoms with Crippen LogP contribution in [0.5, 0.6) is 5.75 Å². The monoisotopic (exact) mass is 338 g/mol. The van der Waals surface area contributed by atoms with Gasteiger partial charge in [0.05, 0.1) is 6.10 Å². The van der Waals surface area contributed by atoms with E-state index in [2.05, 4.69) is 69.3 Å². The molecular formula is C24H34O. The molecule has 0 amide bonds. The lowest BCUT2D eigenvalue weighted by Crippen LogP contribution is -2.09. The summed E-state index contributed by atoms with van der Waals surface area (Å²) in [7, 11) is 0. The van der Waals surface area contributed by atoms with Gasteiger partial charge in [0.15, 0.2) is 0 Å². The smallest absolute Gasteiger partial charge is 0.119 e. The largest absolute Gasteiger partial charge is 0.491 e. The van der Waals surface area contributed by atoms with Gasteiger partial charge in [0.1, 0.15) is 5.75 Å². The first-order chi connectivity index (χ1) is 12.2. The van der Waals surface area contributed by atoms with Crippen molar-refractivity contribution in [3.63, 3.8) is 0 Å². The molecule has 0 saturated carbocycles. The van der Waals surface area contributed by atoms with E-state index >= 15 is 0 Å². The number of benzene rings is 2. The highest BCUT2D eigenvalue weighted by Crippen LogP contribution is 2.24. The first kappa shape index (κ1) is 19.6. The van der Waals surface area contributed by atoms with Crippen molar-refractivity contribution in [1.29, 1.82) is 0 Å². The van der Waals surface area contributed by atoms with Gasteiger partial charge in [0.25, 0.3) is 0 Å². The highest BCUT2D eigenvalue weighted by molar-refractivity contribution is 5.64. The van der Waals surface area contributed by atoms with Crippen LogP contribution < -0.4 is 4.74 Å². The SMILES string of the molecule is CCCCCCCCc1ccc(-c2ccc(OC(C)CC)cc2)cc1. The maximum Gasteiger partial charge on any atom is 0.119 e. The Balaban J connectivity index is 1.83. The Labute approximate surface area is 154 Å². The molecule has 0 fully saturated rings. The van der Waals surface area contributed by atoms with Crippen molar-refractivity contribution in [1.82, 2.24) is 0 Å². The number of hydrogen-bond donors (Lipinski definition) is 0. The van der Waals surface area contributed by atoms with Crippen LogP contribution in [0.15, 0.2) is 48.5 Å². The molecule has 2 aromatic rings. The van der Waals surface area contributed by atoms with Gasteiger partial charge in [0, 0.05) is 0 Å². The van der Waals surface area contributed by atoms with Crippen LogP contribution in [0.2, 0.25) is 0 Å². The van der Waals surface area contributed by atoms with Crippen LogP contribution in [-0.2, 0) is 6.42 Å². The molecule has 0 bridgehead atoms. The fraction of sp³-hybridized carbons (Fsp3) is 0.500. The van der Waals surface area contributed by atoms with Crippen LogP contribution in [0.1, 0.15) is 71.3 Å². The predicted molar refractivity (Wildman–Crippen MR) is 109 cm³/mol. The van der Waals surface area contributed by atoms with Gasteiger partial charge in [-0.15, -0.1) is 0 Å². The molecule has 0 saturated heterocycles. The Hall–Kier alpha value is -1.76. The van der Waals surface area contributed by atoms with E-state index in [4.69, 9.17) is 4.74 Å². The fourth-order valence-corrected chi connectivity index (χ4v) is 3.01.